The second-order valence-corrected chi connectivity index (χ2v) is 7.06. The van der Waals surface area contributed by atoms with Crippen molar-refractivity contribution in [3.63, 3.8) is 0 Å². The summed E-state index contributed by atoms with van der Waals surface area (Å²) in [6.07, 6.45) is 10.0. The summed E-state index contributed by atoms with van der Waals surface area (Å²) in [6.45, 7) is 7.29. The van der Waals surface area contributed by atoms with E-state index in [1.165, 1.54) is 30.4 Å². The fraction of sp³-hybridized carbons (Fsp3) is 0.722. The Balaban J connectivity index is 0.00000133. The molecule has 1 nitrogen and oxygen atoms in total. The van der Waals surface area contributed by atoms with Crippen molar-refractivity contribution in [2.24, 2.45) is 23.2 Å². The fourth-order valence-corrected chi connectivity index (χ4v) is 4.41. The van der Waals surface area contributed by atoms with Gasteiger partial charge in [0.2, 0.25) is 0 Å². The molecule has 1 heteroatoms. The molecular formula is C18H28O. The maximum absolute atomic E-state index is 11.7. The molecule has 0 bridgehead atoms. The summed E-state index contributed by atoms with van der Waals surface area (Å²) >= 11 is 0. The zero-order valence-electron chi connectivity index (χ0n) is 11.8. The zero-order valence-corrected chi connectivity index (χ0v) is 11.8. The summed E-state index contributed by atoms with van der Waals surface area (Å²) in [5, 5.41) is 0. The Labute approximate surface area is 118 Å². The van der Waals surface area contributed by atoms with Crippen molar-refractivity contribution in [3.8, 4) is 0 Å². The minimum atomic E-state index is 0. The average Bonchev–Trinajstić information content (AvgIpc) is 2.57. The van der Waals surface area contributed by atoms with Gasteiger partial charge in [0.1, 0.15) is 0 Å². The van der Waals surface area contributed by atoms with Gasteiger partial charge in [-0.2, -0.15) is 0 Å². The highest BCUT2D eigenvalue weighted by Gasteiger charge is 2.45. The van der Waals surface area contributed by atoms with Crippen LogP contribution >= 0.6 is 0 Å². The number of ketones is 1. The van der Waals surface area contributed by atoms with E-state index in [-0.39, 0.29) is 7.43 Å². The van der Waals surface area contributed by atoms with E-state index in [1.54, 1.807) is 0 Å². The first-order chi connectivity index (χ1) is 8.50. The number of hydrogen-bond acceptors (Lipinski definition) is 1. The van der Waals surface area contributed by atoms with E-state index in [1.807, 2.05) is 6.08 Å². The van der Waals surface area contributed by atoms with E-state index in [0.29, 0.717) is 23.5 Å². The molecule has 106 valence electrons. The SMILES string of the molecule is C.CC1CCC2C3=CC(=O)CC3=CCCC2C1(C)C. The molecule has 0 N–H and O–H groups in total. The first-order valence-corrected chi connectivity index (χ1v) is 7.44. The lowest BCUT2D eigenvalue weighted by atomic mass is 9.56. The Morgan fingerprint density at radius 2 is 1.95 bits per heavy atom. The molecule has 0 amide bonds. The predicted octanol–water partition coefficient (Wildman–Crippen LogP) is 4.93. The summed E-state index contributed by atoms with van der Waals surface area (Å²) < 4.78 is 0. The number of hydrogen-bond donors (Lipinski definition) is 0. The molecule has 0 aromatic rings. The first-order valence-electron chi connectivity index (χ1n) is 7.44. The van der Waals surface area contributed by atoms with E-state index in [2.05, 4.69) is 26.8 Å². The summed E-state index contributed by atoms with van der Waals surface area (Å²) in [5.74, 6) is 2.54. The highest BCUT2D eigenvalue weighted by atomic mass is 16.1. The fourth-order valence-electron chi connectivity index (χ4n) is 4.41. The second-order valence-electron chi connectivity index (χ2n) is 7.06. The summed E-state index contributed by atoms with van der Waals surface area (Å²) in [4.78, 5) is 11.7. The highest BCUT2D eigenvalue weighted by Crippen LogP contribution is 2.54. The molecule has 0 heterocycles. The third-order valence-corrected chi connectivity index (χ3v) is 5.94. The van der Waals surface area contributed by atoms with Crippen LogP contribution in [0, 0.1) is 23.2 Å². The minimum Gasteiger partial charge on any atom is -0.294 e. The Hall–Kier alpha value is -0.850. The van der Waals surface area contributed by atoms with E-state index >= 15 is 0 Å². The molecule has 3 atom stereocenters. The standard InChI is InChI=1S/C17H24O.CH4/c1-11-7-8-14-15-10-13(18)9-12(15)5-4-6-16(14)17(11,2)3;/h5,10-11,14,16H,4,6-9H2,1-3H3;1H4. The van der Waals surface area contributed by atoms with Gasteiger partial charge >= 0.3 is 0 Å². The van der Waals surface area contributed by atoms with Gasteiger partial charge < -0.3 is 0 Å². The van der Waals surface area contributed by atoms with Crippen LogP contribution in [-0.2, 0) is 4.79 Å². The lowest BCUT2D eigenvalue weighted by molar-refractivity contribution is -0.113. The minimum absolute atomic E-state index is 0. The highest BCUT2D eigenvalue weighted by molar-refractivity contribution is 5.97. The van der Waals surface area contributed by atoms with Gasteiger partial charge in [-0.1, -0.05) is 34.3 Å². The molecule has 19 heavy (non-hydrogen) atoms. The van der Waals surface area contributed by atoms with Crippen LogP contribution in [0.1, 0.15) is 60.3 Å². The molecule has 3 unspecified atom stereocenters. The topological polar surface area (TPSA) is 17.1 Å². The summed E-state index contributed by atoms with van der Waals surface area (Å²) in [7, 11) is 0. The molecule has 0 aromatic carbocycles. The molecule has 0 aliphatic heterocycles. The van der Waals surface area contributed by atoms with Crippen LogP contribution < -0.4 is 0 Å². The van der Waals surface area contributed by atoms with Crippen molar-refractivity contribution >= 4 is 5.78 Å². The Bertz CT molecular complexity index is 439. The first kappa shape index (κ1) is 14.6. The maximum atomic E-state index is 11.7. The number of allylic oxidation sites excluding steroid dienone is 4. The maximum Gasteiger partial charge on any atom is 0.160 e. The average molecular weight is 260 g/mol. The lowest BCUT2D eigenvalue weighted by Gasteiger charge is -2.48. The van der Waals surface area contributed by atoms with Crippen LogP contribution in [0.5, 0.6) is 0 Å². The Morgan fingerprint density at radius 3 is 2.68 bits per heavy atom. The molecule has 0 aromatic heterocycles. The van der Waals surface area contributed by atoms with E-state index in [0.717, 1.165) is 18.3 Å². The van der Waals surface area contributed by atoms with E-state index < -0.39 is 0 Å². The van der Waals surface area contributed by atoms with Gasteiger partial charge in [-0.3, -0.25) is 4.79 Å². The molecule has 3 aliphatic rings. The largest absolute Gasteiger partial charge is 0.294 e. The van der Waals surface area contributed by atoms with Crippen molar-refractivity contribution in [1.29, 1.82) is 0 Å². The molecular weight excluding hydrogens is 232 g/mol. The Kier molecular flexibility index (Phi) is 3.77. The lowest BCUT2D eigenvalue weighted by Crippen LogP contribution is -2.40. The van der Waals surface area contributed by atoms with Gasteiger partial charge in [0, 0.05) is 6.42 Å². The molecule has 0 radical (unpaired) electrons. The smallest absolute Gasteiger partial charge is 0.160 e. The third kappa shape index (κ3) is 2.22. The van der Waals surface area contributed by atoms with Crippen LogP contribution in [0.3, 0.4) is 0 Å². The van der Waals surface area contributed by atoms with Crippen molar-refractivity contribution in [1.82, 2.24) is 0 Å². The monoisotopic (exact) mass is 260 g/mol. The molecule has 0 spiro atoms. The number of carbonyl (C=O) groups is 1. The summed E-state index contributed by atoms with van der Waals surface area (Å²) in [6, 6.07) is 0. The van der Waals surface area contributed by atoms with E-state index in [9.17, 15) is 4.79 Å². The normalized spacial score (nSPS) is 36.4. The molecule has 0 saturated heterocycles. The predicted molar refractivity (Wildman–Crippen MR) is 80.9 cm³/mol. The van der Waals surface area contributed by atoms with Crippen LogP contribution in [0.25, 0.3) is 0 Å². The van der Waals surface area contributed by atoms with Gasteiger partial charge in [0.05, 0.1) is 0 Å². The quantitative estimate of drug-likeness (QED) is 0.603. The van der Waals surface area contributed by atoms with Gasteiger partial charge in [0.15, 0.2) is 5.78 Å². The van der Waals surface area contributed by atoms with Crippen molar-refractivity contribution < 1.29 is 4.79 Å². The molecule has 3 aliphatic carbocycles. The Morgan fingerprint density at radius 1 is 1.21 bits per heavy atom. The van der Waals surface area contributed by atoms with Gasteiger partial charge in [0.25, 0.3) is 0 Å². The van der Waals surface area contributed by atoms with Crippen LogP contribution in [0.15, 0.2) is 23.3 Å². The molecule has 1 fully saturated rings. The summed E-state index contributed by atoms with van der Waals surface area (Å²) in [5.41, 5.74) is 3.18. The van der Waals surface area contributed by atoms with Crippen molar-refractivity contribution in [2.75, 3.05) is 0 Å². The van der Waals surface area contributed by atoms with Crippen LogP contribution in [0.4, 0.5) is 0 Å². The van der Waals surface area contributed by atoms with Crippen molar-refractivity contribution in [3.05, 3.63) is 23.3 Å². The molecule has 3 rings (SSSR count). The third-order valence-electron chi connectivity index (χ3n) is 5.94. The van der Waals surface area contributed by atoms with Crippen molar-refractivity contribution in [2.45, 2.75) is 60.3 Å². The zero-order chi connectivity index (χ0) is 12.9. The van der Waals surface area contributed by atoms with Gasteiger partial charge in [-0.05, 0) is 66.1 Å². The van der Waals surface area contributed by atoms with Crippen LogP contribution in [0.2, 0.25) is 0 Å². The van der Waals surface area contributed by atoms with Gasteiger partial charge in [-0.25, -0.2) is 0 Å². The second kappa shape index (κ2) is 4.92. The number of rotatable bonds is 0. The van der Waals surface area contributed by atoms with Gasteiger partial charge in [-0.15, -0.1) is 0 Å². The van der Waals surface area contributed by atoms with Crippen LogP contribution in [-0.4, -0.2) is 5.78 Å². The van der Waals surface area contributed by atoms with E-state index in [4.69, 9.17) is 0 Å². The molecule has 1 saturated carbocycles. The number of fused-ring (bicyclic) bond motifs is 3. The number of carbonyl (C=O) groups excluding carboxylic acids is 1.